The number of rotatable bonds is 7. The van der Waals surface area contributed by atoms with Gasteiger partial charge in [-0.1, -0.05) is 12.1 Å². The van der Waals surface area contributed by atoms with Crippen LogP contribution >= 0.6 is 11.3 Å². The molecule has 2 aliphatic rings. The lowest BCUT2D eigenvalue weighted by Gasteiger charge is -2.37. The summed E-state index contributed by atoms with van der Waals surface area (Å²) >= 11 is 1.74. The van der Waals surface area contributed by atoms with Crippen molar-refractivity contribution in [2.24, 2.45) is 0 Å². The molecule has 4 rings (SSSR count). The van der Waals surface area contributed by atoms with E-state index in [0.29, 0.717) is 6.54 Å². The minimum atomic E-state index is -0.137. The summed E-state index contributed by atoms with van der Waals surface area (Å²) in [6, 6.07) is 10.0. The number of fused-ring (bicyclic) bond motifs is 1. The molecule has 0 unspecified atom stereocenters. The second kappa shape index (κ2) is 8.55. The second-order valence-electron chi connectivity index (χ2n) is 7.50. The molecule has 2 heterocycles. The molecule has 7 heteroatoms. The molecular weight excluding hydrogens is 388 g/mol. The molecule has 0 N–H and O–H groups in total. The zero-order valence-corrected chi connectivity index (χ0v) is 17.6. The minimum absolute atomic E-state index is 0.0143. The molecule has 2 amide bonds. The molecule has 1 fully saturated rings. The van der Waals surface area contributed by atoms with Crippen LogP contribution in [0, 0.1) is 0 Å². The van der Waals surface area contributed by atoms with Gasteiger partial charge in [0.2, 0.25) is 11.8 Å². The highest BCUT2D eigenvalue weighted by molar-refractivity contribution is 7.10. The standard InChI is InChI=1S/C22H26N2O4S/c1-27-14-21(26)24(16-5-6-16)13-20(25)23-11-9-19-18(10-12-29-19)22(23)15-3-7-17(28-2)8-4-15/h3-4,7-8,10,12,16,22H,5-6,9,11,13-14H2,1-2H3/t22-/m0/s1. The largest absolute Gasteiger partial charge is 0.497 e. The van der Waals surface area contributed by atoms with Crippen LogP contribution in [-0.4, -0.2) is 61.6 Å². The number of nitrogens with zero attached hydrogens (tertiary/aromatic N) is 2. The Bertz CT molecular complexity index is 875. The van der Waals surface area contributed by atoms with Gasteiger partial charge in [0.1, 0.15) is 18.9 Å². The van der Waals surface area contributed by atoms with Crippen LogP contribution in [0.3, 0.4) is 0 Å². The lowest BCUT2D eigenvalue weighted by molar-refractivity contribution is -0.144. The predicted octanol–water partition coefficient (Wildman–Crippen LogP) is 2.87. The summed E-state index contributed by atoms with van der Waals surface area (Å²) < 4.78 is 10.3. The van der Waals surface area contributed by atoms with Crippen LogP contribution in [0.4, 0.5) is 0 Å². The van der Waals surface area contributed by atoms with E-state index in [2.05, 4.69) is 11.4 Å². The first-order valence-corrected chi connectivity index (χ1v) is 10.8. The van der Waals surface area contributed by atoms with E-state index in [4.69, 9.17) is 9.47 Å². The van der Waals surface area contributed by atoms with Gasteiger partial charge < -0.3 is 19.3 Å². The van der Waals surface area contributed by atoms with Gasteiger partial charge in [0.15, 0.2) is 0 Å². The molecule has 29 heavy (non-hydrogen) atoms. The van der Waals surface area contributed by atoms with E-state index in [1.54, 1.807) is 23.3 Å². The summed E-state index contributed by atoms with van der Waals surface area (Å²) in [6.07, 6.45) is 2.76. The fraction of sp³-hybridized carbons (Fsp3) is 0.455. The average molecular weight is 415 g/mol. The van der Waals surface area contributed by atoms with Gasteiger partial charge in [0, 0.05) is 24.6 Å². The van der Waals surface area contributed by atoms with Gasteiger partial charge in [0.05, 0.1) is 13.2 Å². The van der Waals surface area contributed by atoms with Crippen molar-refractivity contribution in [3.05, 3.63) is 51.7 Å². The fourth-order valence-corrected chi connectivity index (χ4v) is 4.88. The van der Waals surface area contributed by atoms with Gasteiger partial charge in [0.25, 0.3) is 0 Å². The first-order chi connectivity index (χ1) is 14.1. The van der Waals surface area contributed by atoms with Crippen LogP contribution in [0.2, 0.25) is 0 Å². The summed E-state index contributed by atoms with van der Waals surface area (Å²) in [5, 5.41) is 2.09. The van der Waals surface area contributed by atoms with Crippen LogP contribution in [0.1, 0.15) is 34.9 Å². The highest BCUT2D eigenvalue weighted by atomic mass is 32.1. The van der Waals surface area contributed by atoms with E-state index < -0.39 is 0 Å². The summed E-state index contributed by atoms with van der Waals surface area (Å²) in [7, 11) is 3.15. The van der Waals surface area contributed by atoms with Gasteiger partial charge in [-0.05, 0) is 54.0 Å². The molecule has 0 spiro atoms. The summed E-state index contributed by atoms with van der Waals surface area (Å²) in [6.45, 7) is 0.777. The third kappa shape index (κ3) is 4.16. The maximum atomic E-state index is 13.4. The number of ether oxygens (including phenoxy) is 2. The maximum Gasteiger partial charge on any atom is 0.249 e. The zero-order valence-electron chi connectivity index (χ0n) is 16.8. The van der Waals surface area contributed by atoms with Crippen LogP contribution in [0.25, 0.3) is 0 Å². The normalized spacial score (nSPS) is 18.3. The van der Waals surface area contributed by atoms with Crippen molar-refractivity contribution in [2.45, 2.75) is 31.3 Å². The summed E-state index contributed by atoms with van der Waals surface area (Å²) in [5.74, 6) is 0.662. The Kier molecular flexibility index (Phi) is 5.87. The number of benzene rings is 1. The Morgan fingerprint density at radius 3 is 2.59 bits per heavy atom. The molecular formula is C22H26N2O4S. The average Bonchev–Trinajstić information content (AvgIpc) is 3.47. The van der Waals surface area contributed by atoms with Crippen molar-refractivity contribution >= 4 is 23.2 Å². The minimum Gasteiger partial charge on any atom is -0.497 e. The summed E-state index contributed by atoms with van der Waals surface area (Å²) in [5.41, 5.74) is 2.24. The van der Waals surface area contributed by atoms with E-state index in [0.717, 1.165) is 30.6 Å². The van der Waals surface area contributed by atoms with E-state index in [-0.39, 0.29) is 37.0 Å². The predicted molar refractivity (Wildman–Crippen MR) is 111 cm³/mol. The van der Waals surface area contributed by atoms with E-state index in [1.165, 1.54) is 17.6 Å². The molecule has 154 valence electrons. The molecule has 1 saturated carbocycles. The van der Waals surface area contributed by atoms with Gasteiger partial charge >= 0.3 is 0 Å². The lowest BCUT2D eigenvalue weighted by Crippen LogP contribution is -2.48. The molecule has 1 aliphatic heterocycles. The third-order valence-corrected chi connectivity index (χ3v) is 6.60. The number of carbonyl (C=O) groups is 2. The van der Waals surface area contributed by atoms with Crippen molar-refractivity contribution < 1.29 is 19.1 Å². The van der Waals surface area contributed by atoms with Crippen molar-refractivity contribution in [3.8, 4) is 5.75 Å². The van der Waals surface area contributed by atoms with Crippen molar-refractivity contribution in [1.82, 2.24) is 9.80 Å². The van der Waals surface area contributed by atoms with Crippen molar-refractivity contribution in [3.63, 3.8) is 0 Å². The summed E-state index contributed by atoms with van der Waals surface area (Å²) in [4.78, 5) is 30.7. The molecule has 6 nitrogen and oxygen atoms in total. The molecule has 0 saturated heterocycles. The Balaban J connectivity index is 1.60. The maximum absolute atomic E-state index is 13.4. The van der Waals surface area contributed by atoms with Gasteiger partial charge in [-0.3, -0.25) is 9.59 Å². The van der Waals surface area contributed by atoms with Gasteiger partial charge in [-0.15, -0.1) is 11.3 Å². The van der Waals surface area contributed by atoms with Gasteiger partial charge in [-0.25, -0.2) is 0 Å². The SMILES string of the molecule is COCC(=O)N(CC(=O)N1CCc2sccc2[C@@H]1c1ccc(OC)cc1)C1CC1. The Hall–Kier alpha value is -2.38. The van der Waals surface area contributed by atoms with Crippen LogP contribution < -0.4 is 4.74 Å². The highest BCUT2D eigenvalue weighted by Crippen LogP contribution is 2.38. The van der Waals surface area contributed by atoms with Crippen LogP contribution in [0.5, 0.6) is 5.75 Å². The third-order valence-electron chi connectivity index (χ3n) is 5.60. The first kappa shape index (κ1) is 19.9. The molecule has 1 atom stereocenters. The number of amides is 2. The van der Waals surface area contributed by atoms with E-state index >= 15 is 0 Å². The first-order valence-electron chi connectivity index (χ1n) is 9.90. The second-order valence-corrected chi connectivity index (χ2v) is 8.50. The fourth-order valence-electron chi connectivity index (χ4n) is 3.98. The van der Waals surface area contributed by atoms with E-state index in [1.807, 2.05) is 29.2 Å². The van der Waals surface area contributed by atoms with E-state index in [9.17, 15) is 9.59 Å². The topological polar surface area (TPSA) is 59.1 Å². The van der Waals surface area contributed by atoms with Crippen LogP contribution in [0.15, 0.2) is 35.7 Å². The number of methoxy groups -OCH3 is 2. The highest BCUT2D eigenvalue weighted by Gasteiger charge is 2.38. The lowest BCUT2D eigenvalue weighted by atomic mass is 9.93. The molecule has 1 aliphatic carbocycles. The monoisotopic (exact) mass is 414 g/mol. The molecule has 2 aromatic rings. The molecule has 1 aromatic carbocycles. The Labute approximate surface area is 175 Å². The number of hydrogen-bond donors (Lipinski definition) is 0. The van der Waals surface area contributed by atoms with Crippen molar-refractivity contribution in [2.75, 3.05) is 33.9 Å². The number of carbonyl (C=O) groups excluding carboxylic acids is 2. The number of thiophene rings is 1. The molecule has 0 bridgehead atoms. The smallest absolute Gasteiger partial charge is 0.249 e. The Morgan fingerprint density at radius 2 is 1.93 bits per heavy atom. The molecule has 1 aromatic heterocycles. The zero-order chi connectivity index (χ0) is 20.4. The molecule has 0 radical (unpaired) electrons. The van der Waals surface area contributed by atoms with Gasteiger partial charge in [-0.2, -0.15) is 0 Å². The Morgan fingerprint density at radius 1 is 1.17 bits per heavy atom. The quantitative estimate of drug-likeness (QED) is 0.699. The van der Waals surface area contributed by atoms with Crippen molar-refractivity contribution in [1.29, 1.82) is 0 Å². The van der Waals surface area contributed by atoms with Crippen LogP contribution in [-0.2, 0) is 20.7 Å². The number of hydrogen-bond acceptors (Lipinski definition) is 5.